The number of hydrogen-bond donors (Lipinski definition) is 2. The van der Waals surface area contributed by atoms with E-state index in [1.165, 1.54) is 25.3 Å². The molecule has 0 aliphatic rings. The van der Waals surface area contributed by atoms with Crippen LogP contribution in [0.1, 0.15) is 37.0 Å². The Morgan fingerprint density at radius 3 is 2.43 bits per heavy atom. The van der Waals surface area contributed by atoms with E-state index in [2.05, 4.69) is 4.72 Å². The SMILES string of the molecule is CCC(CC)CNS(=O)(=O)c1ccc(OC)c(C(N)=O)c1. The fourth-order valence-corrected chi connectivity index (χ4v) is 3.08. The number of sulfonamides is 1. The van der Waals surface area contributed by atoms with Gasteiger partial charge in [0.1, 0.15) is 5.75 Å². The quantitative estimate of drug-likeness (QED) is 0.759. The summed E-state index contributed by atoms with van der Waals surface area (Å²) in [5.41, 5.74) is 5.28. The minimum atomic E-state index is -3.67. The van der Waals surface area contributed by atoms with Crippen LogP contribution in [0.3, 0.4) is 0 Å². The Bertz CT molecular complexity index is 595. The highest BCUT2D eigenvalue weighted by atomic mass is 32.2. The monoisotopic (exact) mass is 314 g/mol. The van der Waals surface area contributed by atoms with Crippen molar-refractivity contribution >= 4 is 15.9 Å². The zero-order chi connectivity index (χ0) is 16.0. The third kappa shape index (κ3) is 4.44. The molecule has 1 aromatic carbocycles. The molecule has 1 amide bonds. The number of benzene rings is 1. The molecule has 0 aromatic heterocycles. The maximum atomic E-state index is 12.2. The van der Waals surface area contributed by atoms with Gasteiger partial charge >= 0.3 is 0 Å². The molecule has 0 saturated heterocycles. The topological polar surface area (TPSA) is 98.5 Å². The van der Waals surface area contributed by atoms with Crippen LogP contribution in [0, 0.1) is 5.92 Å². The molecule has 6 nitrogen and oxygen atoms in total. The van der Waals surface area contributed by atoms with Gasteiger partial charge in [0.25, 0.3) is 5.91 Å². The summed E-state index contributed by atoms with van der Waals surface area (Å²) in [6.45, 7) is 4.40. The van der Waals surface area contributed by atoms with E-state index in [9.17, 15) is 13.2 Å². The number of primary amides is 1. The summed E-state index contributed by atoms with van der Waals surface area (Å²) in [6.07, 6.45) is 1.79. The van der Waals surface area contributed by atoms with E-state index in [1.807, 2.05) is 13.8 Å². The predicted octanol–water partition coefficient (Wildman–Crippen LogP) is 1.51. The van der Waals surface area contributed by atoms with Crippen molar-refractivity contribution in [1.29, 1.82) is 0 Å². The second kappa shape index (κ2) is 7.42. The minimum absolute atomic E-state index is 0.00283. The van der Waals surface area contributed by atoms with E-state index in [-0.39, 0.29) is 22.1 Å². The molecule has 21 heavy (non-hydrogen) atoms. The lowest BCUT2D eigenvalue weighted by Crippen LogP contribution is -2.29. The second-order valence-corrected chi connectivity index (χ2v) is 6.53. The van der Waals surface area contributed by atoms with Crippen molar-refractivity contribution in [3.05, 3.63) is 23.8 Å². The standard InChI is InChI=1S/C14H22N2O4S/c1-4-10(5-2)9-16-21(18,19)11-6-7-13(20-3)12(8-11)14(15)17/h6-8,10,16H,4-5,9H2,1-3H3,(H2,15,17). The number of rotatable bonds is 8. The number of ether oxygens (including phenoxy) is 1. The van der Waals surface area contributed by atoms with Crippen molar-refractivity contribution in [2.75, 3.05) is 13.7 Å². The van der Waals surface area contributed by atoms with Crippen molar-refractivity contribution in [3.8, 4) is 5.75 Å². The van der Waals surface area contributed by atoms with Crippen LogP contribution < -0.4 is 15.2 Å². The summed E-state index contributed by atoms with van der Waals surface area (Å²) < 4.78 is 32.0. The van der Waals surface area contributed by atoms with Gasteiger partial charge in [-0.05, 0) is 24.1 Å². The Kier molecular flexibility index (Phi) is 6.17. The first-order valence-corrected chi connectivity index (χ1v) is 8.31. The molecule has 0 fully saturated rings. The van der Waals surface area contributed by atoms with Gasteiger partial charge < -0.3 is 10.5 Å². The number of hydrogen-bond acceptors (Lipinski definition) is 4. The Hall–Kier alpha value is -1.60. The van der Waals surface area contributed by atoms with E-state index in [1.54, 1.807) is 0 Å². The first-order valence-electron chi connectivity index (χ1n) is 6.83. The Morgan fingerprint density at radius 1 is 1.33 bits per heavy atom. The van der Waals surface area contributed by atoms with Crippen LogP contribution in [0.2, 0.25) is 0 Å². The van der Waals surface area contributed by atoms with Gasteiger partial charge in [0.15, 0.2) is 0 Å². The highest BCUT2D eigenvalue weighted by Gasteiger charge is 2.19. The largest absolute Gasteiger partial charge is 0.496 e. The van der Waals surface area contributed by atoms with Gasteiger partial charge in [-0.1, -0.05) is 26.7 Å². The molecule has 0 radical (unpaired) electrons. The van der Waals surface area contributed by atoms with E-state index in [0.29, 0.717) is 6.54 Å². The Balaban J connectivity index is 3.03. The van der Waals surface area contributed by atoms with Crippen molar-refractivity contribution in [2.45, 2.75) is 31.6 Å². The number of carbonyl (C=O) groups excluding carboxylic acids is 1. The van der Waals surface area contributed by atoms with E-state index < -0.39 is 15.9 Å². The highest BCUT2D eigenvalue weighted by Crippen LogP contribution is 2.22. The fourth-order valence-electron chi connectivity index (χ4n) is 1.94. The summed E-state index contributed by atoms with van der Waals surface area (Å²) in [5.74, 6) is -0.195. The van der Waals surface area contributed by atoms with Crippen LogP contribution in [0.15, 0.2) is 23.1 Å². The molecule has 0 aliphatic carbocycles. The maximum absolute atomic E-state index is 12.2. The van der Waals surface area contributed by atoms with Gasteiger partial charge in [-0.25, -0.2) is 13.1 Å². The smallest absolute Gasteiger partial charge is 0.252 e. The number of nitrogens with one attached hydrogen (secondary N) is 1. The number of methoxy groups -OCH3 is 1. The van der Waals surface area contributed by atoms with E-state index >= 15 is 0 Å². The second-order valence-electron chi connectivity index (χ2n) is 4.76. The van der Waals surface area contributed by atoms with Gasteiger partial charge in [0.2, 0.25) is 10.0 Å². The molecule has 0 heterocycles. The van der Waals surface area contributed by atoms with Crippen molar-refractivity contribution in [1.82, 2.24) is 4.72 Å². The molecular formula is C14H22N2O4S. The van der Waals surface area contributed by atoms with Gasteiger partial charge in [-0.2, -0.15) is 0 Å². The van der Waals surface area contributed by atoms with Crippen molar-refractivity contribution in [3.63, 3.8) is 0 Å². The summed E-state index contributed by atoms with van der Waals surface area (Å²) in [7, 11) is -2.28. The lowest BCUT2D eigenvalue weighted by atomic mass is 10.0. The summed E-state index contributed by atoms with van der Waals surface area (Å²) in [6, 6.07) is 4.04. The number of nitrogens with two attached hydrogens (primary N) is 1. The minimum Gasteiger partial charge on any atom is -0.496 e. The molecule has 0 saturated carbocycles. The molecule has 0 atom stereocenters. The third-order valence-corrected chi connectivity index (χ3v) is 4.88. The molecule has 3 N–H and O–H groups in total. The van der Waals surface area contributed by atoms with Crippen LogP contribution in [0.4, 0.5) is 0 Å². The zero-order valence-corrected chi connectivity index (χ0v) is 13.4. The molecular weight excluding hydrogens is 292 g/mol. The lowest BCUT2D eigenvalue weighted by Gasteiger charge is -2.14. The van der Waals surface area contributed by atoms with E-state index in [4.69, 9.17) is 10.5 Å². The predicted molar refractivity (Wildman–Crippen MR) is 80.8 cm³/mol. The Morgan fingerprint density at radius 2 is 1.95 bits per heavy atom. The van der Waals surface area contributed by atoms with Gasteiger partial charge in [-0.3, -0.25) is 4.79 Å². The Labute approximate surface area is 125 Å². The van der Waals surface area contributed by atoms with Crippen molar-refractivity contribution in [2.24, 2.45) is 11.7 Å². The summed E-state index contributed by atoms with van der Waals surface area (Å²) in [5, 5.41) is 0. The fraction of sp³-hybridized carbons (Fsp3) is 0.500. The molecule has 1 aromatic rings. The third-order valence-electron chi connectivity index (χ3n) is 3.46. The van der Waals surface area contributed by atoms with Crippen LogP contribution in [-0.4, -0.2) is 28.0 Å². The highest BCUT2D eigenvalue weighted by molar-refractivity contribution is 7.89. The normalized spacial score (nSPS) is 11.6. The van der Waals surface area contributed by atoms with Gasteiger partial charge in [0, 0.05) is 6.54 Å². The summed E-state index contributed by atoms with van der Waals surface area (Å²) >= 11 is 0. The maximum Gasteiger partial charge on any atom is 0.252 e. The molecule has 0 bridgehead atoms. The van der Waals surface area contributed by atoms with Crippen LogP contribution >= 0.6 is 0 Å². The van der Waals surface area contributed by atoms with Gasteiger partial charge in [-0.15, -0.1) is 0 Å². The molecule has 118 valence electrons. The zero-order valence-electron chi connectivity index (χ0n) is 12.5. The van der Waals surface area contributed by atoms with E-state index in [0.717, 1.165) is 12.8 Å². The van der Waals surface area contributed by atoms with Crippen LogP contribution in [-0.2, 0) is 10.0 Å². The molecule has 0 aliphatic heterocycles. The van der Waals surface area contributed by atoms with Crippen LogP contribution in [0.5, 0.6) is 5.75 Å². The lowest BCUT2D eigenvalue weighted by molar-refractivity contribution is 0.0997. The average molecular weight is 314 g/mol. The summed E-state index contributed by atoms with van der Waals surface area (Å²) in [4.78, 5) is 11.3. The molecule has 0 spiro atoms. The van der Waals surface area contributed by atoms with Crippen molar-refractivity contribution < 1.29 is 17.9 Å². The average Bonchev–Trinajstić information content (AvgIpc) is 2.47. The first-order chi connectivity index (χ1) is 9.85. The molecule has 0 unspecified atom stereocenters. The molecule has 7 heteroatoms. The van der Waals surface area contributed by atoms with Crippen LogP contribution in [0.25, 0.3) is 0 Å². The first kappa shape index (κ1) is 17.5. The number of amides is 1. The van der Waals surface area contributed by atoms with Gasteiger partial charge in [0.05, 0.1) is 17.6 Å². The molecule has 1 rings (SSSR count). The number of carbonyl (C=O) groups is 1.